The molecular formula is C20H20BrNO3. The van der Waals surface area contributed by atoms with Gasteiger partial charge in [-0.3, -0.25) is 4.79 Å². The molecule has 0 fully saturated rings. The predicted octanol–water partition coefficient (Wildman–Crippen LogP) is 4.71. The highest BCUT2D eigenvalue weighted by molar-refractivity contribution is 9.10. The molecule has 130 valence electrons. The molecule has 0 N–H and O–H groups in total. The predicted molar refractivity (Wildman–Crippen MR) is 100 cm³/mol. The molecule has 2 aromatic carbocycles. The zero-order valence-corrected chi connectivity index (χ0v) is 15.6. The van der Waals surface area contributed by atoms with Gasteiger partial charge in [0.05, 0.1) is 11.6 Å². The highest BCUT2D eigenvalue weighted by atomic mass is 79.9. The van der Waals surface area contributed by atoms with Crippen molar-refractivity contribution in [3.63, 3.8) is 0 Å². The van der Waals surface area contributed by atoms with Crippen LogP contribution >= 0.6 is 15.9 Å². The van der Waals surface area contributed by atoms with Crippen molar-refractivity contribution in [2.24, 2.45) is 11.1 Å². The van der Waals surface area contributed by atoms with Crippen LogP contribution in [0.3, 0.4) is 0 Å². The molecular weight excluding hydrogens is 382 g/mol. The van der Waals surface area contributed by atoms with Crippen LogP contribution in [0.4, 0.5) is 0 Å². The number of hydrogen-bond acceptors (Lipinski definition) is 4. The van der Waals surface area contributed by atoms with Gasteiger partial charge in [-0.1, -0.05) is 70.5 Å². The lowest BCUT2D eigenvalue weighted by Crippen LogP contribution is -2.21. The maximum Gasteiger partial charge on any atom is 0.309 e. The van der Waals surface area contributed by atoms with E-state index in [9.17, 15) is 4.79 Å². The fraction of sp³-hybridized carbons (Fsp3) is 0.300. The third kappa shape index (κ3) is 4.92. The van der Waals surface area contributed by atoms with Gasteiger partial charge in [-0.15, -0.1) is 0 Å². The topological polar surface area (TPSA) is 47.9 Å². The molecule has 25 heavy (non-hydrogen) atoms. The fourth-order valence-corrected chi connectivity index (χ4v) is 2.99. The number of nitrogens with zero attached hydrogens (tertiary/aromatic N) is 1. The molecule has 0 amide bonds. The minimum atomic E-state index is -0.229. The third-order valence-corrected chi connectivity index (χ3v) is 4.68. The van der Waals surface area contributed by atoms with Gasteiger partial charge < -0.3 is 9.57 Å². The number of carbonyl (C=O) groups is 1. The van der Waals surface area contributed by atoms with Crippen LogP contribution in [-0.2, 0) is 21.0 Å². The van der Waals surface area contributed by atoms with Gasteiger partial charge in [0.2, 0.25) is 0 Å². The van der Waals surface area contributed by atoms with Crippen molar-refractivity contribution in [3.8, 4) is 0 Å². The van der Waals surface area contributed by atoms with Crippen LogP contribution in [0.15, 0.2) is 64.2 Å². The normalized spacial score (nSPS) is 17.5. The van der Waals surface area contributed by atoms with Gasteiger partial charge in [-0.05, 0) is 23.3 Å². The van der Waals surface area contributed by atoms with Crippen LogP contribution in [0.2, 0.25) is 0 Å². The Balaban J connectivity index is 1.46. The molecule has 5 heteroatoms. The summed E-state index contributed by atoms with van der Waals surface area (Å²) in [5.74, 6) is -0.433. The van der Waals surface area contributed by atoms with Crippen molar-refractivity contribution < 1.29 is 14.4 Å². The first-order valence-corrected chi connectivity index (χ1v) is 9.10. The summed E-state index contributed by atoms with van der Waals surface area (Å²) < 4.78 is 6.42. The lowest BCUT2D eigenvalue weighted by Gasteiger charge is -2.14. The largest absolute Gasteiger partial charge is 0.461 e. The number of ether oxygens (including phenoxy) is 1. The maximum atomic E-state index is 12.2. The van der Waals surface area contributed by atoms with E-state index in [4.69, 9.17) is 9.57 Å². The summed E-state index contributed by atoms with van der Waals surface area (Å²) in [4.78, 5) is 17.7. The standard InChI is InChI=1S/C20H20BrNO3/c1-14(20(23)24-13-15-5-3-2-4-6-15)11-18-12-19(22-25-18)16-7-9-17(21)10-8-16/h2-10,14,18H,11-13H2,1H3/t14-,18-/m0/s1. The van der Waals surface area contributed by atoms with Gasteiger partial charge in [0.1, 0.15) is 12.7 Å². The highest BCUT2D eigenvalue weighted by Crippen LogP contribution is 2.23. The third-order valence-electron chi connectivity index (χ3n) is 4.15. The Morgan fingerprint density at radius 3 is 2.68 bits per heavy atom. The van der Waals surface area contributed by atoms with Gasteiger partial charge in [0.15, 0.2) is 0 Å². The number of benzene rings is 2. The number of rotatable bonds is 6. The zero-order chi connectivity index (χ0) is 17.6. The Hall–Kier alpha value is -2.14. The fourth-order valence-electron chi connectivity index (χ4n) is 2.73. The lowest BCUT2D eigenvalue weighted by atomic mass is 9.98. The van der Waals surface area contributed by atoms with E-state index < -0.39 is 0 Å². The molecule has 0 aromatic heterocycles. The first kappa shape index (κ1) is 17.7. The number of halogens is 1. The van der Waals surface area contributed by atoms with E-state index in [1.807, 2.05) is 61.5 Å². The molecule has 1 heterocycles. The molecule has 0 unspecified atom stereocenters. The summed E-state index contributed by atoms with van der Waals surface area (Å²) in [5.41, 5.74) is 2.95. The molecule has 2 aromatic rings. The Morgan fingerprint density at radius 1 is 1.24 bits per heavy atom. The van der Waals surface area contributed by atoms with Crippen molar-refractivity contribution in [2.75, 3.05) is 0 Å². The van der Waals surface area contributed by atoms with Crippen molar-refractivity contribution in [1.82, 2.24) is 0 Å². The van der Waals surface area contributed by atoms with Crippen LogP contribution < -0.4 is 0 Å². The van der Waals surface area contributed by atoms with Gasteiger partial charge in [0, 0.05) is 17.3 Å². The zero-order valence-electron chi connectivity index (χ0n) is 14.0. The van der Waals surface area contributed by atoms with Crippen LogP contribution in [0.1, 0.15) is 30.9 Å². The van der Waals surface area contributed by atoms with Crippen molar-refractivity contribution >= 4 is 27.6 Å². The molecule has 4 nitrogen and oxygen atoms in total. The van der Waals surface area contributed by atoms with Crippen LogP contribution in [0, 0.1) is 5.92 Å². The minimum Gasteiger partial charge on any atom is -0.461 e. The monoisotopic (exact) mass is 401 g/mol. The van der Waals surface area contributed by atoms with Crippen molar-refractivity contribution in [3.05, 3.63) is 70.2 Å². The summed E-state index contributed by atoms with van der Waals surface area (Å²) >= 11 is 3.42. The second-order valence-corrected chi connectivity index (χ2v) is 7.12. The number of esters is 1. The SMILES string of the molecule is C[C@@H](C[C@H]1CC(c2ccc(Br)cc2)=NO1)C(=O)OCc1ccccc1. The molecule has 0 saturated carbocycles. The second kappa shape index (κ2) is 8.30. The summed E-state index contributed by atoms with van der Waals surface area (Å²) in [6.45, 7) is 2.17. The van der Waals surface area contributed by atoms with Gasteiger partial charge in [-0.25, -0.2) is 0 Å². The first-order valence-electron chi connectivity index (χ1n) is 8.31. The number of hydrogen-bond donors (Lipinski definition) is 0. The van der Waals surface area contributed by atoms with E-state index in [0.29, 0.717) is 19.4 Å². The quantitative estimate of drug-likeness (QED) is 0.658. The molecule has 0 spiro atoms. The minimum absolute atomic E-state index is 0.0853. The Bertz CT molecular complexity index is 743. The molecule has 3 rings (SSSR count). The smallest absolute Gasteiger partial charge is 0.309 e. The summed E-state index contributed by atoms with van der Waals surface area (Å²) in [6, 6.07) is 17.7. The molecule has 0 radical (unpaired) electrons. The molecule has 0 aliphatic carbocycles. The van der Waals surface area contributed by atoms with Crippen molar-refractivity contribution in [2.45, 2.75) is 32.5 Å². The molecule has 2 atom stereocenters. The van der Waals surface area contributed by atoms with E-state index in [-0.39, 0.29) is 18.0 Å². The van der Waals surface area contributed by atoms with E-state index in [0.717, 1.165) is 21.3 Å². The van der Waals surface area contributed by atoms with Gasteiger partial charge in [-0.2, -0.15) is 0 Å². The van der Waals surface area contributed by atoms with Crippen LogP contribution in [0.5, 0.6) is 0 Å². The van der Waals surface area contributed by atoms with Gasteiger partial charge in [0.25, 0.3) is 0 Å². The molecule has 0 bridgehead atoms. The van der Waals surface area contributed by atoms with E-state index in [1.165, 1.54) is 0 Å². The lowest BCUT2D eigenvalue weighted by molar-refractivity contribution is -0.150. The summed E-state index contributed by atoms with van der Waals surface area (Å²) in [6.07, 6.45) is 1.22. The van der Waals surface area contributed by atoms with E-state index >= 15 is 0 Å². The van der Waals surface area contributed by atoms with Gasteiger partial charge >= 0.3 is 5.97 Å². The molecule has 1 aliphatic heterocycles. The van der Waals surface area contributed by atoms with Crippen molar-refractivity contribution in [1.29, 1.82) is 0 Å². The van der Waals surface area contributed by atoms with E-state index in [1.54, 1.807) is 0 Å². The average molecular weight is 402 g/mol. The Labute approximate surface area is 156 Å². The van der Waals surface area contributed by atoms with E-state index in [2.05, 4.69) is 21.1 Å². The number of carbonyl (C=O) groups excluding carboxylic acids is 1. The average Bonchev–Trinajstić information content (AvgIpc) is 3.09. The molecule has 1 aliphatic rings. The molecule has 0 saturated heterocycles. The van der Waals surface area contributed by atoms with Crippen LogP contribution in [0.25, 0.3) is 0 Å². The maximum absolute atomic E-state index is 12.2. The Kier molecular flexibility index (Phi) is 5.87. The number of oxime groups is 1. The summed E-state index contributed by atoms with van der Waals surface area (Å²) in [5, 5.41) is 4.17. The highest BCUT2D eigenvalue weighted by Gasteiger charge is 2.27. The summed E-state index contributed by atoms with van der Waals surface area (Å²) in [7, 11) is 0. The Morgan fingerprint density at radius 2 is 1.96 bits per heavy atom. The van der Waals surface area contributed by atoms with Crippen LogP contribution in [-0.4, -0.2) is 17.8 Å². The second-order valence-electron chi connectivity index (χ2n) is 6.21. The first-order chi connectivity index (χ1) is 12.1.